The number of esters is 2. The lowest BCUT2D eigenvalue weighted by atomic mass is 10.0. The van der Waals surface area contributed by atoms with Gasteiger partial charge in [-0.25, -0.2) is 9.59 Å². The molecule has 4 rings (SSSR count). The van der Waals surface area contributed by atoms with Gasteiger partial charge in [-0.1, -0.05) is 36.4 Å². The first-order chi connectivity index (χ1) is 24.6. The summed E-state index contributed by atoms with van der Waals surface area (Å²) in [5.41, 5.74) is 2.32. The molecule has 4 aromatic carbocycles. The summed E-state index contributed by atoms with van der Waals surface area (Å²) in [6, 6.07) is 20.2. The minimum absolute atomic E-state index is 0.00375. The van der Waals surface area contributed by atoms with Crippen LogP contribution in [0, 0.1) is 0 Å². The van der Waals surface area contributed by atoms with Crippen molar-refractivity contribution in [2.24, 2.45) is 0 Å². The predicted octanol–water partition coefficient (Wildman–Crippen LogP) is 5.84. The fraction of sp³-hybridized carbons (Fsp3) is 0.179. The lowest BCUT2D eigenvalue weighted by Crippen LogP contribution is -2.31. The molecule has 0 aliphatic rings. The van der Waals surface area contributed by atoms with Gasteiger partial charge in [-0.05, 0) is 89.0 Å². The third kappa shape index (κ3) is 11.1. The Kier molecular flexibility index (Phi) is 13.5. The summed E-state index contributed by atoms with van der Waals surface area (Å²) in [5.74, 6) is -0.409. The Labute approximate surface area is 294 Å². The molecule has 4 N–H and O–H groups in total. The minimum Gasteiger partial charge on any atom is -0.508 e. The monoisotopic (exact) mass is 698 g/mol. The number of aliphatic hydroxyl groups excluding tert-OH is 1. The third-order valence-electron chi connectivity index (χ3n) is 7.31. The quantitative estimate of drug-likeness (QED) is 0.0816. The number of phenolic OH excluding ortho intramolecular Hbond substituents is 3. The number of rotatable bonds is 16. The molecule has 12 nitrogen and oxygen atoms in total. The topological polar surface area (TPSA) is 170 Å². The number of carbonyl (C=O) groups is 2. The number of hydrogen-bond donors (Lipinski definition) is 4. The largest absolute Gasteiger partial charge is 0.508 e. The molecule has 266 valence electrons. The highest BCUT2D eigenvalue weighted by Crippen LogP contribution is 2.34. The van der Waals surface area contributed by atoms with Gasteiger partial charge in [-0.2, -0.15) is 0 Å². The maximum Gasteiger partial charge on any atom is 0.331 e. The highest BCUT2D eigenvalue weighted by atomic mass is 16.6. The molecule has 0 aliphatic heterocycles. The van der Waals surface area contributed by atoms with Gasteiger partial charge >= 0.3 is 11.9 Å². The van der Waals surface area contributed by atoms with Crippen molar-refractivity contribution in [2.75, 3.05) is 34.5 Å². The van der Waals surface area contributed by atoms with E-state index in [0.717, 1.165) is 5.56 Å². The van der Waals surface area contributed by atoms with Gasteiger partial charge in [-0.15, -0.1) is 0 Å². The van der Waals surface area contributed by atoms with E-state index in [0.29, 0.717) is 22.4 Å². The number of aromatic hydroxyl groups is 3. The summed E-state index contributed by atoms with van der Waals surface area (Å²) >= 11 is 0. The first-order valence-corrected chi connectivity index (χ1v) is 15.5. The normalized spacial score (nSPS) is 12.5. The first kappa shape index (κ1) is 37.4. The SMILES string of the molecule is COc1cc(C=CC(=O)OC[C@H](Oc2ccc(C=CCOC(=O)C=Cc3ccc(O)cc3)cc2OC)[C@H](O)c2ccc(O)c(OC)c2)ccc1O. The Morgan fingerprint density at radius 1 is 0.627 bits per heavy atom. The molecular formula is C39H38O12. The van der Waals surface area contributed by atoms with Crippen LogP contribution in [0.5, 0.6) is 40.2 Å². The fourth-order valence-electron chi connectivity index (χ4n) is 4.62. The van der Waals surface area contributed by atoms with Crippen LogP contribution in [-0.4, -0.2) is 73.0 Å². The van der Waals surface area contributed by atoms with Gasteiger partial charge in [0.2, 0.25) is 0 Å². The zero-order chi connectivity index (χ0) is 36.8. The summed E-state index contributed by atoms with van der Waals surface area (Å²) in [4.78, 5) is 24.8. The lowest BCUT2D eigenvalue weighted by molar-refractivity contribution is -0.142. The second-order valence-electron chi connectivity index (χ2n) is 10.8. The maximum atomic E-state index is 12.7. The zero-order valence-electron chi connectivity index (χ0n) is 28.1. The van der Waals surface area contributed by atoms with Crippen LogP contribution in [-0.2, 0) is 19.1 Å². The van der Waals surface area contributed by atoms with Gasteiger partial charge in [0, 0.05) is 12.2 Å². The van der Waals surface area contributed by atoms with E-state index in [9.17, 15) is 30.0 Å². The van der Waals surface area contributed by atoms with Crippen LogP contribution in [0.1, 0.15) is 28.4 Å². The lowest BCUT2D eigenvalue weighted by Gasteiger charge is -2.25. The summed E-state index contributed by atoms with van der Waals surface area (Å²) in [5, 5.41) is 40.6. The van der Waals surface area contributed by atoms with E-state index in [1.165, 1.54) is 76.0 Å². The molecule has 0 saturated carbocycles. The van der Waals surface area contributed by atoms with E-state index in [1.807, 2.05) is 0 Å². The molecule has 51 heavy (non-hydrogen) atoms. The highest BCUT2D eigenvalue weighted by molar-refractivity contribution is 5.87. The second-order valence-corrected chi connectivity index (χ2v) is 10.8. The van der Waals surface area contributed by atoms with E-state index in [1.54, 1.807) is 60.7 Å². The van der Waals surface area contributed by atoms with Crippen molar-refractivity contribution in [3.05, 3.63) is 119 Å². The third-order valence-corrected chi connectivity index (χ3v) is 7.31. The number of methoxy groups -OCH3 is 3. The predicted molar refractivity (Wildman–Crippen MR) is 189 cm³/mol. The van der Waals surface area contributed by atoms with Crippen LogP contribution in [0.25, 0.3) is 18.2 Å². The van der Waals surface area contributed by atoms with E-state index < -0.39 is 24.1 Å². The second kappa shape index (κ2) is 18.4. The van der Waals surface area contributed by atoms with Crippen LogP contribution in [0.3, 0.4) is 0 Å². The molecule has 0 amide bonds. The molecule has 0 spiro atoms. The van der Waals surface area contributed by atoms with E-state index >= 15 is 0 Å². The van der Waals surface area contributed by atoms with Crippen molar-refractivity contribution < 1.29 is 58.4 Å². The van der Waals surface area contributed by atoms with Crippen LogP contribution in [0.15, 0.2) is 97.1 Å². The molecule has 0 saturated heterocycles. The molecule has 0 aromatic heterocycles. The Hall–Kier alpha value is -6.40. The number of hydrogen-bond acceptors (Lipinski definition) is 12. The van der Waals surface area contributed by atoms with Crippen LogP contribution >= 0.6 is 0 Å². The number of ether oxygens (including phenoxy) is 6. The van der Waals surface area contributed by atoms with Crippen molar-refractivity contribution in [1.29, 1.82) is 0 Å². The Morgan fingerprint density at radius 3 is 1.86 bits per heavy atom. The standard InChI is InChI=1S/C39H38O12/c1-46-33-21-27(8-15-30(33)41)11-19-38(44)50-24-36(39(45)28-12-16-31(42)34(23-28)47-2)51-32-17-9-26(22-35(32)48-3)5-4-20-49-37(43)18-10-25-6-13-29(40)14-7-25/h4-19,21-23,36,39-42,45H,20,24H2,1-3H3/t36-,39+/m0/s1. The first-order valence-electron chi connectivity index (χ1n) is 15.5. The van der Waals surface area contributed by atoms with Gasteiger partial charge < -0.3 is 48.8 Å². The molecule has 2 atom stereocenters. The molecule has 0 bridgehead atoms. The van der Waals surface area contributed by atoms with Crippen LogP contribution < -0.4 is 18.9 Å². The van der Waals surface area contributed by atoms with Gasteiger partial charge in [0.15, 0.2) is 40.6 Å². The summed E-state index contributed by atoms with van der Waals surface area (Å²) < 4.78 is 32.6. The fourth-order valence-corrected chi connectivity index (χ4v) is 4.62. The molecule has 0 fully saturated rings. The molecular weight excluding hydrogens is 660 g/mol. The van der Waals surface area contributed by atoms with Crippen molar-refractivity contribution >= 4 is 30.2 Å². The molecule has 4 aromatic rings. The Bertz CT molecular complexity index is 1880. The van der Waals surface area contributed by atoms with Crippen LogP contribution in [0.2, 0.25) is 0 Å². The zero-order valence-corrected chi connectivity index (χ0v) is 28.1. The van der Waals surface area contributed by atoms with Crippen molar-refractivity contribution in [2.45, 2.75) is 12.2 Å². The van der Waals surface area contributed by atoms with Crippen molar-refractivity contribution in [3.63, 3.8) is 0 Å². The number of carbonyl (C=O) groups excluding carboxylic acids is 2. The summed E-state index contributed by atoms with van der Waals surface area (Å²) in [6.07, 6.45) is 6.40. The van der Waals surface area contributed by atoms with E-state index in [4.69, 9.17) is 28.4 Å². The number of aliphatic hydroxyl groups is 1. The highest BCUT2D eigenvalue weighted by Gasteiger charge is 2.27. The Morgan fingerprint density at radius 2 is 1.18 bits per heavy atom. The summed E-state index contributed by atoms with van der Waals surface area (Å²) in [6.45, 7) is -0.381. The smallest absolute Gasteiger partial charge is 0.331 e. The maximum absolute atomic E-state index is 12.7. The molecule has 0 unspecified atom stereocenters. The number of benzene rings is 4. The van der Waals surface area contributed by atoms with Gasteiger partial charge in [-0.3, -0.25) is 0 Å². The molecule has 0 aliphatic carbocycles. The average molecular weight is 699 g/mol. The average Bonchev–Trinajstić information content (AvgIpc) is 3.14. The minimum atomic E-state index is -1.35. The van der Waals surface area contributed by atoms with Crippen LogP contribution in [0.4, 0.5) is 0 Å². The Balaban J connectivity index is 1.45. The van der Waals surface area contributed by atoms with Gasteiger partial charge in [0.1, 0.15) is 25.1 Å². The van der Waals surface area contributed by atoms with Crippen molar-refractivity contribution in [1.82, 2.24) is 0 Å². The van der Waals surface area contributed by atoms with Gasteiger partial charge in [0.25, 0.3) is 0 Å². The molecule has 0 heterocycles. The molecule has 12 heteroatoms. The van der Waals surface area contributed by atoms with Gasteiger partial charge in [0.05, 0.1) is 21.3 Å². The summed E-state index contributed by atoms with van der Waals surface area (Å²) in [7, 11) is 4.22. The van der Waals surface area contributed by atoms with Crippen molar-refractivity contribution in [3.8, 4) is 40.2 Å². The van der Waals surface area contributed by atoms with E-state index in [-0.39, 0.29) is 47.7 Å². The molecule has 0 radical (unpaired) electrons. The number of phenols is 3. The van der Waals surface area contributed by atoms with E-state index in [2.05, 4.69) is 0 Å².